The zero-order valence-electron chi connectivity index (χ0n) is 17.4. The summed E-state index contributed by atoms with van der Waals surface area (Å²) in [6, 6.07) is 4.45. The normalized spacial score (nSPS) is 18.6. The molecule has 0 aliphatic carbocycles. The SMILES string of the molecule is COc1ccc(CN2C(=O)C3CCCN3C2=O)cc1NC(=O)CC(C)(C)CC(=O)O. The first-order valence-electron chi connectivity index (χ1n) is 9.92. The third kappa shape index (κ3) is 4.55. The molecule has 1 aromatic rings. The highest BCUT2D eigenvalue weighted by Gasteiger charge is 2.47. The Hall–Kier alpha value is -3.10. The van der Waals surface area contributed by atoms with E-state index in [1.807, 2.05) is 0 Å². The van der Waals surface area contributed by atoms with Crippen LogP contribution in [0.25, 0.3) is 0 Å². The predicted molar refractivity (Wildman–Crippen MR) is 108 cm³/mol. The lowest BCUT2D eigenvalue weighted by Gasteiger charge is -2.22. The van der Waals surface area contributed by atoms with Gasteiger partial charge in [-0.2, -0.15) is 0 Å². The van der Waals surface area contributed by atoms with Gasteiger partial charge in [0, 0.05) is 13.0 Å². The maximum Gasteiger partial charge on any atom is 0.327 e. The van der Waals surface area contributed by atoms with Crippen LogP contribution in [0.1, 0.15) is 45.1 Å². The molecule has 0 bridgehead atoms. The molecule has 9 heteroatoms. The molecule has 0 spiro atoms. The Balaban J connectivity index is 1.72. The number of carbonyl (C=O) groups is 4. The molecule has 1 unspecified atom stereocenters. The van der Waals surface area contributed by atoms with E-state index in [9.17, 15) is 19.2 Å². The molecule has 1 aromatic carbocycles. The molecule has 0 saturated carbocycles. The van der Waals surface area contributed by atoms with Crippen LogP contribution >= 0.6 is 0 Å². The Labute approximate surface area is 175 Å². The van der Waals surface area contributed by atoms with Crippen molar-refractivity contribution in [1.82, 2.24) is 9.80 Å². The maximum absolute atomic E-state index is 12.6. The first-order chi connectivity index (χ1) is 14.1. The minimum atomic E-state index is -0.965. The number of amides is 4. The second-order valence-corrected chi connectivity index (χ2v) is 8.55. The zero-order chi connectivity index (χ0) is 22.1. The summed E-state index contributed by atoms with van der Waals surface area (Å²) in [5.41, 5.74) is 0.381. The lowest BCUT2D eigenvalue weighted by Crippen LogP contribution is -2.32. The molecule has 4 amide bonds. The number of urea groups is 1. The Morgan fingerprint density at radius 2 is 2.00 bits per heavy atom. The monoisotopic (exact) mass is 417 g/mol. The molecule has 0 aromatic heterocycles. The molecule has 30 heavy (non-hydrogen) atoms. The van der Waals surface area contributed by atoms with E-state index in [0.717, 1.165) is 6.42 Å². The Bertz CT molecular complexity index is 859. The Kier molecular flexibility index (Phi) is 6.00. The van der Waals surface area contributed by atoms with Crippen molar-refractivity contribution in [3.8, 4) is 5.75 Å². The number of hydrogen-bond donors (Lipinski definition) is 2. The van der Waals surface area contributed by atoms with Crippen molar-refractivity contribution in [3.05, 3.63) is 23.8 Å². The third-order valence-electron chi connectivity index (χ3n) is 5.43. The number of aliphatic carboxylic acids is 1. The van der Waals surface area contributed by atoms with E-state index in [4.69, 9.17) is 9.84 Å². The molecule has 9 nitrogen and oxygen atoms in total. The van der Waals surface area contributed by atoms with Crippen LogP contribution in [0.15, 0.2) is 18.2 Å². The molecule has 2 fully saturated rings. The fraction of sp³-hybridized carbons (Fsp3) is 0.524. The molecular formula is C21H27N3O6. The molecule has 162 valence electrons. The molecule has 0 radical (unpaired) electrons. The topological polar surface area (TPSA) is 116 Å². The van der Waals surface area contributed by atoms with Crippen LogP contribution in [0, 0.1) is 5.41 Å². The van der Waals surface area contributed by atoms with Gasteiger partial charge in [0.2, 0.25) is 5.91 Å². The number of nitrogens with one attached hydrogen (secondary N) is 1. The standard InChI is InChI=1S/C21H27N3O6/c1-21(2,11-18(26)27)10-17(25)22-14-9-13(6-7-16(14)30-3)12-24-19(28)15-5-4-8-23(15)20(24)29/h6-7,9,15H,4-5,8,10-12H2,1-3H3,(H,22,25)(H,26,27). The number of fused-ring (bicyclic) bond motifs is 1. The van der Waals surface area contributed by atoms with Gasteiger partial charge in [0.05, 0.1) is 25.8 Å². The summed E-state index contributed by atoms with van der Waals surface area (Å²) < 4.78 is 5.30. The van der Waals surface area contributed by atoms with Gasteiger partial charge in [-0.3, -0.25) is 19.3 Å². The molecular weight excluding hydrogens is 390 g/mol. The highest BCUT2D eigenvalue weighted by Crippen LogP contribution is 2.32. The second-order valence-electron chi connectivity index (χ2n) is 8.55. The molecule has 3 rings (SSSR count). The maximum atomic E-state index is 12.6. The van der Waals surface area contributed by atoms with Crippen LogP contribution in [0.5, 0.6) is 5.75 Å². The van der Waals surface area contributed by atoms with Crippen molar-refractivity contribution in [2.75, 3.05) is 19.0 Å². The van der Waals surface area contributed by atoms with Crippen LogP contribution in [0.3, 0.4) is 0 Å². The number of benzene rings is 1. The van der Waals surface area contributed by atoms with E-state index in [1.54, 1.807) is 36.9 Å². The largest absolute Gasteiger partial charge is 0.495 e. The lowest BCUT2D eigenvalue weighted by atomic mass is 9.85. The van der Waals surface area contributed by atoms with Gasteiger partial charge >= 0.3 is 12.0 Å². The average Bonchev–Trinajstić information content (AvgIpc) is 3.20. The van der Waals surface area contributed by atoms with Gasteiger partial charge in [0.1, 0.15) is 11.8 Å². The summed E-state index contributed by atoms with van der Waals surface area (Å²) in [7, 11) is 1.47. The van der Waals surface area contributed by atoms with Crippen LogP contribution in [0.2, 0.25) is 0 Å². The Morgan fingerprint density at radius 1 is 1.27 bits per heavy atom. The Morgan fingerprint density at radius 3 is 2.63 bits per heavy atom. The van der Waals surface area contributed by atoms with Crippen molar-refractivity contribution in [2.24, 2.45) is 5.41 Å². The summed E-state index contributed by atoms with van der Waals surface area (Å²) in [6.07, 6.45) is 1.42. The average molecular weight is 417 g/mol. The highest BCUT2D eigenvalue weighted by molar-refractivity contribution is 6.04. The fourth-order valence-corrected chi connectivity index (χ4v) is 4.06. The smallest absolute Gasteiger partial charge is 0.327 e. The number of carbonyl (C=O) groups excluding carboxylic acids is 3. The van der Waals surface area contributed by atoms with E-state index >= 15 is 0 Å². The number of carboxylic acids is 1. The number of imide groups is 1. The summed E-state index contributed by atoms with van der Waals surface area (Å²) in [4.78, 5) is 51.4. The molecule has 2 saturated heterocycles. The van der Waals surface area contributed by atoms with Crippen LogP contribution in [-0.4, -0.2) is 58.4 Å². The lowest BCUT2D eigenvalue weighted by molar-refractivity contribution is -0.139. The second kappa shape index (κ2) is 8.33. The molecule has 2 heterocycles. The number of ether oxygens (including phenoxy) is 1. The minimum absolute atomic E-state index is 0.0203. The molecule has 2 aliphatic rings. The van der Waals surface area contributed by atoms with Gasteiger partial charge < -0.3 is 20.1 Å². The summed E-state index contributed by atoms with van der Waals surface area (Å²) in [5, 5.41) is 11.8. The van der Waals surface area contributed by atoms with Crippen molar-refractivity contribution in [3.63, 3.8) is 0 Å². The summed E-state index contributed by atoms with van der Waals surface area (Å²) in [6.45, 7) is 4.14. The number of rotatable bonds is 8. The van der Waals surface area contributed by atoms with Crippen LogP contribution in [-0.2, 0) is 20.9 Å². The van der Waals surface area contributed by atoms with E-state index in [2.05, 4.69) is 5.32 Å². The number of hydrogen-bond acceptors (Lipinski definition) is 5. The first kappa shape index (κ1) is 21.6. The quantitative estimate of drug-likeness (QED) is 0.628. The minimum Gasteiger partial charge on any atom is -0.495 e. The zero-order valence-corrected chi connectivity index (χ0v) is 17.4. The van der Waals surface area contributed by atoms with Crippen molar-refractivity contribution in [2.45, 2.75) is 52.1 Å². The third-order valence-corrected chi connectivity index (χ3v) is 5.43. The van der Waals surface area contributed by atoms with Gasteiger partial charge in [-0.15, -0.1) is 0 Å². The van der Waals surface area contributed by atoms with Crippen molar-refractivity contribution < 1.29 is 29.0 Å². The predicted octanol–water partition coefficient (Wildman–Crippen LogP) is 2.45. The molecule has 2 N–H and O–H groups in total. The van der Waals surface area contributed by atoms with Crippen molar-refractivity contribution >= 4 is 29.5 Å². The van der Waals surface area contributed by atoms with Gasteiger partial charge in [-0.05, 0) is 36.0 Å². The summed E-state index contributed by atoms with van der Waals surface area (Å²) >= 11 is 0. The molecule has 1 atom stereocenters. The highest BCUT2D eigenvalue weighted by atomic mass is 16.5. The van der Waals surface area contributed by atoms with E-state index in [1.165, 1.54) is 12.0 Å². The van der Waals surface area contributed by atoms with Gasteiger partial charge in [-0.25, -0.2) is 4.79 Å². The van der Waals surface area contributed by atoms with E-state index < -0.39 is 11.4 Å². The number of methoxy groups -OCH3 is 1. The number of carboxylic acid groups (broad SMARTS) is 1. The van der Waals surface area contributed by atoms with Crippen LogP contribution in [0.4, 0.5) is 10.5 Å². The van der Waals surface area contributed by atoms with Crippen molar-refractivity contribution in [1.29, 1.82) is 0 Å². The molecule has 2 aliphatic heterocycles. The van der Waals surface area contributed by atoms with Gasteiger partial charge in [-0.1, -0.05) is 19.9 Å². The first-order valence-corrected chi connectivity index (χ1v) is 9.92. The van der Waals surface area contributed by atoms with Gasteiger partial charge in [0.25, 0.3) is 5.91 Å². The fourth-order valence-electron chi connectivity index (χ4n) is 4.06. The number of anilines is 1. The van der Waals surface area contributed by atoms with Gasteiger partial charge in [0.15, 0.2) is 0 Å². The number of nitrogens with zero attached hydrogens (tertiary/aromatic N) is 2. The summed E-state index contributed by atoms with van der Waals surface area (Å²) in [5.74, 6) is -1.06. The van der Waals surface area contributed by atoms with E-state index in [0.29, 0.717) is 30.0 Å². The van der Waals surface area contributed by atoms with Crippen LogP contribution < -0.4 is 10.1 Å². The van der Waals surface area contributed by atoms with E-state index in [-0.39, 0.29) is 43.3 Å².